The minimum Gasteiger partial charge on any atom is -0.462 e. The maximum atomic E-state index is 13.4. The van der Waals surface area contributed by atoms with Gasteiger partial charge in [-0.25, -0.2) is 4.79 Å². The van der Waals surface area contributed by atoms with E-state index in [1.165, 1.54) is 5.57 Å². The van der Waals surface area contributed by atoms with Gasteiger partial charge in [0.05, 0.1) is 30.8 Å². The van der Waals surface area contributed by atoms with Crippen LogP contribution in [0.4, 0.5) is 0 Å². The molecule has 1 aliphatic carbocycles. The lowest BCUT2D eigenvalue weighted by atomic mass is 9.51. The number of rotatable bonds is 7. The quantitative estimate of drug-likeness (QED) is 0.567. The van der Waals surface area contributed by atoms with E-state index in [-0.39, 0.29) is 5.97 Å². The molecule has 3 aliphatic rings. The van der Waals surface area contributed by atoms with Gasteiger partial charge < -0.3 is 19.1 Å². The first-order valence-electron chi connectivity index (χ1n) is 11.8. The van der Waals surface area contributed by atoms with Crippen molar-refractivity contribution in [2.24, 2.45) is 5.41 Å². The van der Waals surface area contributed by atoms with Gasteiger partial charge in [0.25, 0.3) is 0 Å². The van der Waals surface area contributed by atoms with E-state index in [2.05, 4.69) is 48.2 Å². The van der Waals surface area contributed by atoms with Crippen molar-refractivity contribution < 1.29 is 19.0 Å². The molecule has 2 unspecified atom stereocenters. The molecule has 0 radical (unpaired) electrons. The third-order valence-electron chi connectivity index (χ3n) is 7.14. The summed E-state index contributed by atoms with van der Waals surface area (Å²) in [5, 5.41) is 0. The molecule has 5 nitrogen and oxygen atoms in total. The molecule has 5 heteroatoms. The fourth-order valence-electron chi connectivity index (χ4n) is 6.00. The zero-order valence-corrected chi connectivity index (χ0v) is 19.6. The second-order valence-electron chi connectivity index (χ2n) is 8.94. The van der Waals surface area contributed by atoms with Crippen LogP contribution in [0, 0.1) is 5.41 Å². The number of carbonyl (C=O) groups excluding carboxylic acids is 1. The number of hydrogen-bond donors (Lipinski definition) is 0. The van der Waals surface area contributed by atoms with E-state index < -0.39 is 11.1 Å². The standard InChI is InChI=1S/C28H31NO4/c1-4-31-19-22-18-27(3)23(20-12-8-6-9-13-20)24(26(30)32-5-2)28(27)29(16-17-33-28)25(22)21-14-10-7-11-15-21/h6-15H,4-5,16-19H2,1-3H3. The number of carbonyl (C=O) groups is 1. The molecule has 0 saturated carbocycles. The first-order valence-corrected chi connectivity index (χ1v) is 11.8. The van der Waals surface area contributed by atoms with Crippen LogP contribution in [0.25, 0.3) is 11.3 Å². The van der Waals surface area contributed by atoms with Gasteiger partial charge in [0, 0.05) is 18.8 Å². The topological polar surface area (TPSA) is 48.0 Å². The lowest BCUT2D eigenvalue weighted by Crippen LogP contribution is -2.68. The molecule has 0 N–H and O–H groups in total. The molecule has 2 aliphatic heterocycles. The van der Waals surface area contributed by atoms with Crippen LogP contribution in [0.2, 0.25) is 0 Å². The third-order valence-corrected chi connectivity index (χ3v) is 7.14. The Kier molecular flexibility index (Phi) is 5.63. The van der Waals surface area contributed by atoms with Crippen molar-refractivity contribution in [2.75, 3.05) is 33.0 Å². The fraction of sp³-hybridized carbons (Fsp3) is 0.393. The zero-order chi connectivity index (χ0) is 23.1. The third kappa shape index (κ3) is 3.10. The molecule has 0 bridgehead atoms. The number of benzene rings is 2. The maximum Gasteiger partial charge on any atom is 0.339 e. The lowest BCUT2D eigenvalue weighted by Gasteiger charge is -2.63. The number of esters is 1. The molecule has 0 aromatic heterocycles. The normalized spacial score (nSPS) is 26.1. The van der Waals surface area contributed by atoms with Gasteiger partial charge in [-0.3, -0.25) is 0 Å². The first-order chi connectivity index (χ1) is 16.1. The van der Waals surface area contributed by atoms with Crippen LogP contribution in [0.15, 0.2) is 71.8 Å². The second kappa shape index (κ2) is 8.47. The summed E-state index contributed by atoms with van der Waals surface area (Å²) >= 11 is 0. The minimum absolute atomic E-state index is 0.290. The molecule has 2 aromatic rings. The van der Waals surface area contributed by atoms with Crippen LogP contribution in [-0.4, -0.2) is 49.6 Å². The van der Waals surface area contributed by atoms with E-state index in [4.69, 9.17) is 14.2 Å². The summed E-state index contributed by atoms with van der Waals surface area (Å²) in [6, 6.07) is 20.6. The van der Waals surface area contributed by atoms with E-state index in [9.17, 15) is 4.79 Å². The van der Waals surface area contributed by atoms with Crippen LogP contribution < -0.4 is 0 Å². The molecule has 0 amide bonds. The van der Waals surface area contributed by atoms with Crippen molar-refractivity contribution in [3.63, 3.8) is 0 Å². The van der Waals surface area contributed by atoms with Crippen molar-refractivity contribution in [1.82, 2.24) is 4.90 Å². The Morgan fingerprint density at radius 1 is 1.00 bits per heavy atom. The van der Waals surface area contributed by atoms with Crippen LogP contribution >= 0.6 is 0 Å². The fourth-order valence-corrected chi connectivity index (χ4v) is 6.00. The number of ether oxygens (including phenoxy) is 3. The molecule has 2 aromatic carbocycles. The molecule has 2 heterocycles. The number of nitrogens with zero attached hydrogens (tertiary/aromatic N) is 1. The van der Waals surface area contributed by atoms with Gasteiger partial charge >= 0.3 is 5.97 Å². The van der Waals surface area contributed by atoms with Crippen molar-refractivity contribution in [2.45, 2.75) is 32.9 Å². The van der Waals surface area contributed by atoms with Gasteiger partial charge in [0.1, 0.15) is 0 Å². The molecule has 2 atom stereocenters. The van der Waals surface area contributed by atoms with E-state index in [1.54, 1.807) is 0 Å². The smallest absolute Gasteiger partial charge is 0.339 e. The molecule has 1 fully saturated rings. The highest BCUT2D eigenvalue weighted by atomic mass is 16.6. The first kappa shape index (κ1) is 21.9. The van der Waals surface area contributed by atoms with Crippen LogP contribution in [0.3, 0.4) is 0 Å². The van der Waals surface area contributed by atoms with E-state index in [0.29, 0.717) is 38.5 Å². The Hall–Kier alpha value is -2.89. The van der Waals surface area contributed by atoms with Crippen molar-refractivity contribution in [1.29, 1.82) is 0 Å². The van der Waals surface area contributed by atoms with Crippen molar-refractivity contribution in [3.05, 3.63) is 82.9 Å². The molecule has 1 saturated heterocycles. The van der Waals surface area contributed by atoms with Crippen LogP contribution in [0.5, 0.6) is 0 Å². The van der Waals surface area contributed by atoms with Crippen molar-refractivity contribution in [3.8, 4) is 0 Å². The summed E-state index contributed by atoms with van der Waals surface area (Å²) in [5.41, 5.74) is 4.94. The highest BCUT2D eigenvalue weighted by Crippen LogP contribution is 2.69. The predicted molar refractivity (Wildman–Crippen MR) is 128 cm³/mol. The Labute approximate surface area is 195 Å². The SMILES string of the molecule is CCOCC1=C(c2ccccc2)N2CCOC23C(C(=O)OCC)=C(c2ccccc2)C3(C)C1. The minimum atomic E-state index is -0.842. The molecule has 5 rings (SSSR count). The van der Waals surface area contributed by atoms with Gasteiger partial charge in [0.15, 0.2) is 5.72 Å². The highest BCUT2D eigenvalue weighted by Gasteiger charge is 2.72. The summed E-state index contributed by atoms with van der Waals surface area (Å²) in [6.45, 7) is 8.89. The predicted octanol–water partition coefficient (Wildman–Crippen LogP) is 4.90. The summed E-state index contributed by atoms with van der Waals surface area (Å²) < 4.78 is 18.1. The lowest BCUT2D eigenvalue weighted by molar-refractivity contribution is -0.158. The summed E-state index contributed by atoms with van der Waals surface area (Å²) in [4.78, 5) is 15.7. The van der Waals surface area contributed by atoms with Crippen LogP contribution in [0.1, 0.15) is 38.3 Å². The van der Waals surface area contributed by atoms with Gasteiger partial charge in [0.2, 0.25) is 0 Å². The van der Waals surface area contributed by atoms with Crippen LogP contribution in [-0.2, 0) is 19.0 Å². The monoisotopic (exact) mass is 445 g/mol. The van der Waals surface area contributed by atoms with Gasteiger partial charge in [-0.2, -0.15) is 0 Å². The Bertz CT molecular complexity index is 1110. The Morgan fingerprint density at radius 2 is 1.67 bits per heavy atom. The van der Waals surface area contributed by atoms with Gasteiger partial charge in [-0.15, -0.1) is 0 Å². The van der Waals surface area contributed by atoms with Gasteiger partial charge in [-0.1, -0.05) is 67.6 Å². The van der Waals surface area contributed by atoms with E-state index >= 15 is 0 Å². The van der Waals surface area contributed by atoms with E-state index in [1.807, 2.05) is 38.1 Å². The maximum absolute atomic E-state index is 13.4. The Balaban J connectivity index is 1.73. The summed E-state index contributed by atoms with van der Waals surface area (Å²) in [5.74, 6) is -0.290. The summed E-state index contributed by atoms with van der Waals surface area (Å²) in [6.07, 6.45) is 0.751. The average Bonchev–Trinajstić information content (AvgIpc) is 3.29. The van der Waals surface area contributed by atoms with Crippen molar-refractivity contribution >= 4 is 17.2 Å². The molecular formula is C28H31NO4. The second-order valence-corrected chi connectivity index (χ2v) is 8.94. The summed E-state index contributed by atoms with van der Waals surface area (Å²) in [7, 11) is 0. The largest absolute Gasteiger partial charge is 0.462 e. The molecule has 172 valence electrons. The molecule has 1 spiro atoms. The van der Waals surface area contributed by atoms with E-state index in [0.717, 1.165) is 28.8 Å². The number of hydrogen-bond acceptors (Lipinski definition) is 5. The van der Waals surface area contributed by atoms with Gasteiger partial charge in [-0.05, 0) is 42.5 Å². The molecular weight excluding hydrogens is 414 g/mol. The zero-order valence-electron chi connectivity index (χ0n) is 19.6. The Morgan fingerprint density at radius 3 is 2.30 bits per heavy atom. The molecule has 33 heavy (non-hydrogen) atoms. The highest BCUT2D eigenvalue weighted by molar-refractivity contribution is 6.07. The average molecular weight is 446 g/mol.